The molecule has 5 nitrogen and oxygen atoms in total. The third-order valence-electron chi connectivity index (χ3n) is 3.06. The van der Waals surface area contributed by atoms with Crippen LogP contribution in [0.5, 0.6) is 0 Å². The molecule has 1 unspecified atom stereocenters. The first-order chi connectivity index (χ1) is 7.69. The zero-order chi connectivity index (χ0) is 11.2. The van der Waals surface area contributed by atoms with Crippen molar-refractivity contribution in [1.82, 2.24) is 14.6 Å². The molecule has 3 rings (SSSR count). The molecular formula is C11H14N4O. The van der Waals surface area contributed by atoms with Crippen molar-refractivity contribution in [1.29, 1.82) is 0 Å². The molecule has 0 aromatic carbocycles. The van der Waals surface area contributed by atoms with Crippen LogP contribution in [-0.2, 0) is 10.3 Å². The monoisotopic (exact) mass is 218 g/mol. The highest BCUT2D eigenvalue weighted by Crippen LogP contribution is 2.26. The van der Waals surface area contributed by atoms with E-state index in [1.807, 2.05) is 29.7 Å². The topological polar surface area (TPSA) is 65.4 Å². The van der Waals surface area contributed by atoms with Gasteiger partial charge in [0.2, 0.25) is 0 Å². The molecule has 0 spiro atoms. The molecule has 2 N–H and O–H groups in total. The molecule has 1 aliphatic rings. The number of fused-ring (bicyclic) bond motifs is 1. The van der Waals surface area contributed by atoms with Gasteiger partial charge >= 0.3 is 0 Å². The summed E-state index contributed by atoms with van der Waals surface area (Å²) in [5.74, 6) is 0.792. The van der Waals surface area contributed by atoms with Crippen molar-refractivity contribution in [3.63, 3.8) is 0 Å². The number of rotatable bonds is 1. The second-order valence-electron chi connectivity index (χ2n) is 4.41. The zero-order valence-corrected chi connectivity index (χ0v) is 9.18. The summed E-state index contributed by atoms with van der Waals surface area (Å²) >= 11 is 0. The van der Waals surface area contributed by atoms with Gasteiger partial charge in [0.15, 0.2) is 11.5 Å². The minimum Gasteiger partial charge on any atom is -0.379 e. The molecular weight excluding hydrogens is 204 g/mol. The van der Waals surface area contributed by atoms with Crippen molar-refractivity contribution < 1.29 is 4.74 Å². The first-order valence-corrected chi connectivity index (χ1v) is 5.38. The summed E-state index contributed by atoms with van der Waals surface area (Å²) in [5.41, 5.74) is 7.80. The fraction of sp³-hybridized carbons (Fsp3) is 0.455. The Kier molecular flexibility index (Phi) is 1.99. The molecule has 0 amide bonds. The molecule has 0 saturated carbocycles. The maximum absolute atomic E-state index is 6.28. The van der Waals surface area contributed by atoms with Gasteiger partial charge in [-0.3, -0.25) is 4.40 Å². The number of aryl methyl sites for hydroxylation is 1. The van der Waals surface area contributed by atoms with E-state index in [4.69, 9.17) is 10.5 Å². The van der Waals surface area contributed by atoms with Gasteiger partial charge in [-0.15, -0.1) is 10.2 Å². The normalized spacial score (nSPS) is 25.4. The Morgan fingerprint density at radius 2 is 2.38 bits per heavy atom. The molecule has 0 radical (unpaired) electrons. The summed E-state index contributed by atoms with van der Waals surface area (Å²) in [6.45, 7) is 3.24. The Labute approximate surface area is 93.2 Å². The Bertz CT molecular complexity index is 528. The largest absolute Gasteiger partial charge is 0.379 e. The molecule has 1 aliphatic heterocycles. The third-order valence-corrected chi connectivity index (χ3v) is 3.06. The Morgan fingerprint density at radius 1 is 1.50 bits per heavy atom. The molecule has 84 valence electrons. The van der Waals surface area contributed by atoms with Crippen LogP contribution in [0.15, 0.2) is 18.3 Å². The molecule has 5 heteroatoms. The van der Waals surface area contributed by atoms with Crippen LogP contribution in [0.2, 0.25) is 0 Å². The highest BCUT2D eigenvalue weighted by molar-refractivity contribution is 5.41. The standard InChI is InChI=1S/C11H14N4O/c1-8-2-4-15-9(6-8)13-14-10(15)11(12)3-5-16-7-11/h2,4,6H,3,5,7,12H2,1H3. The number of ether oxygens (including phenoxy) is 1. The van der Waals surface area contributed by atoms with Gasteiger partial charge in [-0.2, -0.15) is 0 Å². The number of nitrogens with zero attached hydrogens (tertiary/aromatic N) is 3. The predicted octanol–water partition coefficient (Wildman–Crippen LogP) is 0.612. The van der Waals surface area contributed by atoms with Crippen molar-refractivity contribution in [2.75, 3.05) is 13.2 Å². The average molecular weight is 218 g/mol. The van der Waals surface area contributed by atoms with Crippen molar-refractivity contribution in [3.05, 3.63) is 29.7 Å². The lowest BCUT2D eigenvalue weighted by Gasteiger charge is -2.19. The van der Waals surface area contributed by atoms with E-state index in [9.17, 15) is 0 Å². The van der Waals surface area contributed by atoms with Gasteiger partial charge in [-0.1, -0.05) is 0 Å². The lowest BCUT2D eigenvalue weighted by molar-refractivity contribution is 0.176. The average Bonchev–Trinajstić information content (AvgIpc) is 2.84. The summed E-state index contributed by atoms with van der Waals surface area (Å²) in [5, 5.41) is 8.34. The Balaban J connectivity index is 2.17. The van der Waals surface area contributed by atoms with Crippen LogP contribution in [0.1, 0.15) is 17.8 Å². The maximum Gasteiger partial charge on any atom is 0.161 e. The van der Waals surface area contributed by atoms with Crippen molar-refractivity contribution in [2.45, 2.75) is 18.9 Å². The van der Waals surface area contributed by atoms with Gasteiger partial charge in [-0.05, 0) is 31.0 Å². The van der Waals surface area contributed by atoms with E-state index < -0.39 is 5.54 Å². The van der Waals surface area contributed by atoms with Gasteiger partial charge in [0.05, 0.1) is 6.61 Å². The maximum atomic E-state index is 6.28. The Hall–Kier alpha value is -1.46. The van der Waals surface area contributed by atoms with Crippen LogP contribution in [0, 0.1) is 6.92 Å². The summed E-state index contributed by atoms with van der Waals surface area (Å²) in [4.78, 5) is 0. The second kappa shape index (κ2) is 3.26. The van der Waals surface area contributed by atoms with Gasteiger partial charge in [0.25, 0.3) is 0 Å². The van der Waals surface area contributed by atoms with Gasteiger partial charge < -0.3 is 10.5 Å². The van der Waals surface area contributed by atoms with Crippen LogP contribution < -0.4 is 5.73 Å². The van der Waals surface area contributed by atoms with E-state index in [1.165, 1.54) is 5.56 Å². The second-order valence-corrected chi connectivity index (χ2v) is 4.41. The Morgan fingerprint density at radius 3 is 3.12 bits per heavy atom. The summed E-state index contributed by atoms with van der Waals surface area (Å²) in [7, 11) is 0. The number of nitrogens with two attached hydrogens (primary N) is 1. The van der Waals surface area contributed by atoms with Crippen LogP contribution in [0.3, 0.4) is 0 Å². The zero-order valence-electron chi connectivity index (χ0n) is 9.18. The molecule has 1 fully saturated rings. The van der Waals surface area contributed by atoms with Crippen LogP contribution in [0.25, 0.3) is 5.65 Å². The smallest absolute Gasteiger partial charge is 0.161 e. The summed E-state index contributed by atoms with van der Waals surface area (Å²) in [6.07, 6.45) is 2.76. The number of hydrogen-bond acceptors (Lipinski definition) is 4. The van der Waals surface area contributed by atoms with Gasteiger partial charge in [0, 0.05) is 12.8 Å². The highest BCUT2D eigenvalue weighted by atomic mass is 16.5. The number of hydrogen-bond donors (Lipinski definition) is 1. The first kappa shape index (κ1) is 9.74. The third kappa shape index (κ3) is 1.32. The molecule has 2 aromatic heterocycles. The van der Waals surface area contributed by atoms with Crippen molar-refractivity contribution in [2.24, 2.45) is 5.73 Å². The minimum absolute atomic E-state index is 0.491. The summed E-state index contributed by atoms with van der Waals surface area (Å²) < 4.78 is 7.30. The van der Waals surface area contributed by atoms with E-state index in [1.54, 1.807) is 0 Å². The van der Waals surface area contributed by atoms with E-state index in [0.717, 1.165) is 17.9 Å². The number of aromatic nitrogens is 3. The fourth-order valence-electron chi connectivity index (χ4n) is 2.09. The van der Waals surface area contributed by atoms with Crippen molar-refractivity contribution in [3.8, 4) is 0 Å². The van der Waals surface area contributed by atoms with Gasteiger partial charge in [0.1, 0.15) is 5.54 Å². The summed E-state index contributed by atoms with van der Waals surface area (Å²) in [6, 6.07) is 4.02. The first-order valence-electron chi connectivity index (χ1n) is 5.38. The molecule has 16 heavy (non-hydrogen) atoms. The number of pyridine rings is 1. The van der Waals surface area contributed by atoms with Gasteiger partial charge in [-0.25, -0.2) is 0 Å². The molecule has 0 bridgehead atoms. The molecule has 2 aromatic rings. The lowest BCUT2D eigenvalue weighted by Crippen LogP contribution is -2.39. The molecule has 1 atom stereocenters. The van der Waals surface area contributed by atoms with E-state index in [-0.39, 0.29) is 0 Å². The quantitative estimate of drug-likeness (QED) is 0.761. The van der Waals surface area contributed by atoms with Crippen LogP contribution in [0.4, 0.5) is 0 Å². The predicted molar refractivity (Wildman–Crippen MR) is 59.0 cm³/mol. The van der Waals surface area contributed by atoms with E-state index >= 15 is 0 Å². The minimum atomic E-state index is -0.491. The lowest BCUT2D eigenvalue weighted by atomic mass is 9.99. The molecule has 3 heterocycles. The highest BCUT2D eigenvalue weighted by Gasteiger charge is 2.36. The van der Waals surface area contributed by atoms with Crippen LogP contribution in [-0.4, -0.2) is 27.8 Å². The van der Waals surface area contributed by atoms with E-state index in [2.05, 4.69) is 10.2 Å². The van der Waals surface area contributed by atoms with Crippen molar-refractivity contribution >= 4 is 5.65 Å². The van der Waals surface area contributed by atoms with Crippen LogP contribution >= 0.6 is 0 Å². The fourth-order valence-corrected chi connectivity index (χ4v) is 2.09. The molecule has 0 aliphatic carbocycles. The molecule has 1 saturated heterocycles. The SMILES string of the molecule is Cc1ccn2c(C3(N)CCOC3)nnc2c1. The van der Waals surface area contributed by atoms with E-state index in [0.29, 0.717) is 13.2 Å².